The average molecular weight is 484 g/mol. The molecule has 0 amide bonds. The molecule has 1 aromatic heterocycles. The van der Waals surface area contributed by atoms with Gasteiger partial charge in [0.1, 0.15) is 30.5 Å². The van der Waals surface area contributed by atoms with Gasteiger partial charge in [-0.25, -0.2) is 0 Å². The van der Waals surface area contributed by atoms with E-state index in [0.29, 0.717) is 37.7 Å². The Labute approximate surface area is 207 Å². The molecule has 3 rings (SSSR count). The predicted molar refractivity (Wildman–Crippen MR) is 136 cm³/mol. The van der Waals surface area contributed by atoms with E-state index < -0.39 is 6.10 Å². The number of ether oxygens (including phenoxy) is 3. The fraction of sp³-hybridized carbons (Fsp3) is 0.444. The molecular formula is C27H37N3O5. The lowest BCUT2D eigenvalue weighted by molar-refractivity contribution is 0.0753. The minimum Gasteiger partial charge on any atom is -0.493 e. The van der Waals surface area contributed by atoms with Crippen molar-refractivity contribution in [3.8, 4) is 28.5 Å². The van der Waals surface area contributed by atoms with Gasteiger partial charge < -0.3 is 29.3 Å². The monoisotopic (exact) mass is 483 g/mol. The number of aliphatic hydroxyl groups excluding tert-OH is 2. The number of nitrogens with one attached hydrogen (secondary N) is 1. The molecule has 0 fully saturated rings. The normalized spacial score (nSPS) is 12.0. The van der Waals surface area contributed by atoms with Crippen molar-refractivity contribution >= 4 is 0 Å². The van der Waals surface area contributed by atoms with E-state index in [2.05, 4.69) is 29.1 Å². The van der Waals surface area contributed by atoms with Crippen LogP contribution in [0.1, 0.15) is 31.7 Å². The Hall–Kier alpha value is -3.07. The topological polar surface area (TPSA) is 100 Å². The van der Waals surface area contributed by atoms with E-state index in [1.807, 2.05) is 48.7 Å². The minimum atomic E-state index is -0.764. The van der Waals surface area contributed by atoms with Crippen LogP contribution >= 0.6 is 0 Å². The highest BCUT2D eigenvalue weighted by Crippen LogP contribution is 2.25. The Morgan fingerprint density at radius 3 is 2.34 bits per heavy atom. The van der Waals surface area contributed by atoms with Crippen molar-refractivity contribution < 1.29 is 24.4 Å². The first-order chi connectivity index (χ1) is 17.1. The van der Waals surface area contributed by atoms with E-state index in [1.165, 1.54) is 18.4 Å². The standard InChI is InChI=1S/C27H37N3O5/c1-3-4-13-30(2)19-22-18-28-29-27(22)21-8-10-24(11-9-21)34-15-16-35-26-7-5-6-25(17-26)33-14-12-23(32)20-31/h5-11,17-18,23,31-32H,3-4,12-16,19-20H2,1-2H3,(H,28,29). The lowest BCUT2D eigenvalue weighted by Crippen LogP contribution is -2.19. The first kappa shape index (κ1) is 26.5. The van der Waals surface area contributed by atoms with Gasteiger partial charge in [-0.1, -0.05) is 19.4 Å². The van der Waals surface area contributed by atoms with Gasteiger partial charge in [-0.15, -0.1) is 0 Å². The Morgan fingerprint density at radius 1 is 0.971 bits per heavy atom. The van der Waals surface area contributed by atoms with Crippen LogP contribution in [0.25, 0.3) is 11.3 Å². The van der Waals surface area contributed by atoms with Gasteiger partial charge in [0.05, 0.1) is 31.2 Å². The van der Waals surface area contributed by atoms with Crippen molar-refractivity contribution in [2.75, 3.05) is 40.0 Å². The second-order valence-corrected chi connectivity index (χ2v) is 8.53. The van der Waals surface area contributed by atoms with Crippen molar-refractivity contribution in [2.45, 2.75) is 38.8 Å². The highest BCUT2D eigenvalue weighted by atomic mass is 16.5. The van der Waals surface area contributed by atoms with Crippen molar-refractivity contribution in [3.63, 3.8) is 0 Å². The average Bonchev–Trinajstić information content (AvgIpc) is 3.33. The maximum absolute atomic E-state index is 9.39. The van der Waals surface area contributed by atoms with Gasteiger partial charge in [-0.3, -0.25) is 5.10 Å². The summed E-state index contributed by atoms with van der Waals surface area (Å²) in [6.45, 7) is 4.99. The van der Waals surface area contributed by atoms with Crippen LogP contribution in [0.5, 0.6) is 17.2 Å². The second-order valence-electron chi connectivity index (χ2n) is 8.53. The fourth-order valence-electron chi connectivity index (χ4n) is 3.57. The number of unbranched alkanes of at least 4 members (excludes halogenated alkanes) is 1. The second kappa shape index (κ2) is 14.4. The molecule has 1 heterocycles. The van der Waals surface area contributed by atoms with Crippen LogP contribution in [0.4, 0.5) is 0 Å². The number of aromatic amines is 1. The van der Waals surface area contributed by atoms with Gasteiger partial charge in [0.15, 0.2) is 0 Å². The molecule has 0 saturated carbocycles. The molecule has 1 atom stereocenters. The zero-order valence-corrected chi connectivity index (χ0v) is 20.7. The van der Waals surface area contributed by atoms with Crippen LogP contribution in [0.2, 0.25) is 0 Å². The molecule has 0 saturated heterocycles. The zero-order chi connectivity index (χ0) is 24.9. The van der Waals surface area contributed by atoms with E-state index in [9.17, 15) is 5.11 Å². The SMILES string of the molecule is CCCCN(C)Cc1cn[nH]c1-c1ccc(OCCOc2cccc(OCCC(O)CO)c2)cc1. The Kier molecular flexibility index (Phi) is 10.9. The van der Waals surface area contributed by atoms with E-state index >= 15 is 0 Å². The summed E-state index contributed by atoms with van der Waals surface area (Å²) in [5, 5.41) is 25.6. The molecule has 0 bridgehead atoms. The number of H-pyrrole nitrogens is 1. The highest BCUT2D eigenvalue weighted by molar-refractivity contribution is 5.63. The first-order valence-electron chi connectivity index (χ1n) is 12.2. The number of nitrogens with zero attached hydrogens (tertiary/aromatic N) is 2. The Bertz CT molecular complexity index is 992. The summed E-state index contributed by atoms with van der Waals surface area (Å²) in [4.78, 5) is 2.32. The molecule has 8 nitrogen and oxygen atoms in total. The van der Waals surface area contributed by atoms with Crippen LogP contribution < -0.4 is 14.2 Å². The van der Waals surface area contributed by atoms with E-state index in [0.717, 1.165) is 30.1 Å². The lowest BCUT2D eigenvalue weighted by Gasteiger charge is -2.16. The van der Waals surface area contributed by atoms with E-state index in [4.69, 9.17) is 19.3 Å². The molecule has 0 spiro atoms. The molecule has 0 aliphatic heterocycles. The highest BCUT2D eigenvalue weighted by Gasteiger charge is 2.10. The van der Waals surface area contributed by atoms with Crippen LogP contribution in [-0.4, -0.2) is 71.4 Å². The van der Waals surface area contributed by atoms with Crippen LogP contribution in [0.3, 0.4) is 0 Å². The van der Waals surface area contributed by atoms with Gasteiger partial charge in [0.25, 0.3) is 0 Å². The third-order valence-corrected chi connectivity index (χ3v) is 5.55. The van der Waals surface area contributed by atoms with Crippen LogP contribution in [0, 0.1) is 0 Å². The Balaban J connectivity index is 1.43. The molecule has 0 radical (unpaired) electrons. The van der Waals surface area contributed by atoms with Gasteiger partial charge >= 0.3 is 0 Å². The predicted octanol–water partition coefficient (Wildman–Crippen LogP) is 3.89. The minimum absolute atomic E-state index is 0.268. The zero-order valence-electron chi connectivity index (χ0n) is 20.7. The third-order valence-electron chi connectivity index (χ3n) is 5.55. The quantitative estimate of drug-likeness (QED) is 0.266. The number of hydrogen-bond donors (Lipinski definition) is 3. The summed E-state index contributed by atoms with van der Waals surface area (Å²) in [7, 11) is 2.14. The van der Waals surface area contributed by atoms with Crippen molar-refractivity contribution in [3.05, 3.63) is 60.3 Å². The van der Waals surface area contributed by atoms with E-state index in [-0.39, 0.29) is 6.61 Å². The maximum atomic E-state index is 9.39. The smallest absolute Gasteiger partial charge is 0.123 e. The summed E-state index contributed by atoms with van der Waals surface area (Å²) in [5.41, 5.74) is 3.30. The Morgan fingerprint density at radius 2 is 1.66 bits per heavy atom. The molecule has 0 aliphatic carbocycles. The number of benzene rings is 2. The van der Waals surface area contributed by atoms with Crippen molar-refractivity contribution in [2.24, 2.45) is 0 Å². The summed E-state index contributed by atoms with van der Waals surface area (Å²) in [5.74, 6) is 2.11. The first-order valence-corrected chi connectivity index (χ1v) is 12.2. The summed E-state index contributed by atoms with van der Waals surface area (Å²) in [6.07, 6.45) is 3.88. The largest absolute Gasteiger partial charge is 0.493 e. The van der Waals surface area contributed by atoms with Crippen LogP contribution in [0.15, 0.2) is 54.7 Å². The van der Waals surface area contributed by atoms with Gasteiger partial charge in [0, 0.05) is 30.2 Å². The summed E-state index contributed by atoms with van der Waals surface area (Å²) >= 11 is 0. The van der Waals surface area contributed by atoms with Crippen molar-refractivity contribution in [1.29, 1.82) is 0 Å². The molecule has 3 N–H and O–H groups in total. The third kappa shape index (κ3) is 8.90. The number of rotatable bonds is 16. The fourth-order valence-corrected chi connectivity index (χ4v) is 3.57. The molecule has 1 unspecified atom stereocenters. The molecule has 190 valence electrons. The number of aliphatic hydroxyl groups is 2. The summed E-state index contributed by atoms with van der Waals surface area (Å²) < 4.78 is 17.2. The van der Waals surface area contributed by atoms with Crippen molar-refractivity contribution in [1.82, 2.24) is 15.1 Å². The van der Waals surface area contributed by atoms with E-state index in [1.54, 1.807) is 6.07 Å². The number of aromatic nitrogens is 2. The molecule has 3 aromatic rings. The maximum Gasteiger partial charge on any atom is 0.123 e. The number of hydrogen-bond acceptors (Lipinski definition) is 7. The summed E-state index contributed by atoms with van der Waals surface area (Å²) in [6, 6.07) is 15.3. The van der Waals surface area contributed by atoms with Gasteiger partial charge in [-0.05, 0) is 56.4 Å². The molecule has 8 heteroatoms. The molecular weight excluding hydrogens is 446 g/mol. The molecule has 2 aromatic carbocycles. The molecule has 0 aliphatic rings. The van der Waals surface area contributed by atoms with Crippen LogP contribution in [-0.2, 0) is 6.54 Å². The van der Waals surface area contributed by atoms with Gasteiger partial charge in [-0.2, -0.15) is 5.10 Å². The molecule has 35 heavy (non-hydrogen) atoms. The van der Waals surface area contributed by atoms with Gasteiger partial charge in [0.2, 0.25) is 0 Å². The lowest BCUT2D eigenvalue weighted by atomic mass is 10.1.